The molecule has 0 aliphatic carbocycles. The molecule has 28 heavy (non-hydrogen) atoms. The van der Waals surface area contributed by atoms with Gasteiger partial charge in [0.2, 0.25) is 5.91 Å². The predicted molar refractivity (Wildman–Crippen MR) is 99.6 cm³/mol. The van der Waals surface area contributed by atoms with E-state index in [1.165, 1.54) is 4.80 Å². The van der Waals surface area contributed by atoms with Gasteiger partial charge in [-0.2, -0.15) is 0 Å². The molecule has 1 heterocycles. The fraction of sp³-hybridized carbons (Fsp3) is 0.167. The van der Waals surface area contributed by atoms with Crippen LogP contribution < -0.4 is 20.5 Å². The molecular weight excluding hydrogens is 364 g/mol. The van der Waals surface area contributed by atoms with Crippen LogP contribution in [0.4, 0.5) is 5.69 Å². The molecule has 2 aromatic carbocycles. The lowest BCUT2D eigenvalue weighted by Gasteiger charge is -2.10. The summed E-state index contributed by atoms with van der Waals surface area (Å²) in [6, 6.07) is 12.0. The first-order valence-corrected chi connectivity index (χ1v) is 8.21. The molecule has 0 aliphatic heterocycles. The molecule has 3 aromatic rings. The minimum atomic E-state index is -0.759. The average Bonchev–Trinajstić information content (AvgIpc) is 3.19. The number of carbonyl (C=O) groups is 2. The van der Waals surface area contributed by atoms with Crippen LogP contribution in [0, 0.1) is 0 Å². The van der Waals surface area contributed by atoms with E-state index in [9.17, 15) is 9.59 Å². The second-order valence-electron chi connectivity index (χ2n) is 5.73. The maximum atomic E-state index is 12.3. The van der Waals surface area contributed by atoms with Gasteiger partial charge in [0.05, 0.1) is 26.3 Å². The van der Waals surface area contributed by atoms with E-state index in [1.807, 2.05) is 0 Å². The van der Waals surface area contributed by atoms with Crippen molar-refractivity contribution in [2.75, 3.05) is 19.5 Å². The van der Waals surface area contributed by atoms with Gasteiger partial charge in [-0.15, -0.1) is 15.0 Å². The summed E-state index contributed by atoms with van der Waals surface area (Å²) in [6.45, 7) is 0. The molecule has 3 N–H and O–H groups in total. The van der Waals surface area contributed by atoms with Crippen molar-refractivity contribution in [3.8, 4) is 17.2 Å². The molecule has 0 atom stereocenters. The number of anilines is 1. The standard InChI is InChI=1S/C18H18N6O4/c1-27-14-8-3-11(9-15(14)28-2)10-16(25)20-12-4-6-13(7-5-12)24-22-18(17(19)26)21-23-24/h3-9H,10H2,1-2H3,(H2,19,26)(H,20,25). The highest BCUT2D eigenvalue weighted by Gasteiger charge is 2.11. The van der Waals surface area contributed by atoms with Crippen LogP contribution in [-0.2, 0) is 11.2 Å². The molecule has 1 aromatic heterocycles. The third-order valence-corrected chi connectivity index (χ3v) is 3.83. The van der Waals surface area contributed by atoms with E-state index < -0.39 is 5.91 Å². The van der Waals surface area contributed by atoms with Crippen molar-refractivity contribution < 1.29 is 19.1 Å². The number of nitrogens with zero attached hydrogens (tertiary/aromatic N) is 4. The van der Waals surface area contributed by atoms with Gasteiger partial charge in [0.25, 0.3) is 11.7 Å². The summed E-state index contributed by atoms with van der Waals surface area (Å²) in [5.74, 6) is 0.0451. The van der Waals surface area contributed by atoms with Crippen molar-refractivity contribution in [3.63, 3.8) is 0 Å². The van der Waals surface area contributed by atoms with Crippen LogP contribution >= 0.6 is 0 Å². The Hall–Kier alpha value is -3.95. The quantitative estimate of drug-likeness (QED) is 0.621. The Morgan fingerprint density at radius 1 is 1.07 bits per heavy atom. The zero-order valence-corrected chi connectivity index (χ0v) is 15.2. The van der Waals surface area contributed by atoms with E-state index in [1.54, 1.807) is 56.7 Å². The van der Waals surface area contributed by atoms with Crippen molar-refractivity contribution in [1.29, 1.82) is 0 Å². The number of amides is 2. The molecule has 0 spiro atoms. The molecule has 0 saturated heterocycles. The highest BCUT2D eigenvalue weighted by molar-refractivity contribution is 5.92. The van der Waals surface area contributed by atoms with Gasteiger partial charge in [0.1, 0.15) is 0 Å². The van der Waals surface area contributed by atoms with E-state index >= 15 is 0 Å². The van der Waals surface area contributed by atoms with E-state index in [-0.39, 0.29) is 18.2 Å². The van der Waals surface area contributed by atoms with Gasteiger partial charge < -0.3 is 20.5 Å². The Labute approximate surface area is 160 Å². The van der Waals surface area contributed by atoms with Gasteiger partial charge >= 0.3 is 0 Å². The third-order valence-electron chi connectivity index (χ3n) is 3.83. The smallest absolute Gasteiger partial charge is 0.290 e. The molecule has 0 aliphatic rings. The SMILES string of the molecule is COc1ccc(CC(=O)Nc2ccc(-n3nnc(C(N)=O)n3)cc2)cc1OC. The molecule has 0 unspecified atom stereocenters. The molecular formula is C18H18N6O4. The number of tetrazole rings is 1. The molecule has 10 heteroatoms. The zero-order chi connectivity index (χ0) is 20.1. The fourth-order valence-electron chi connectivity index (χ4n) is 2.48. The highest BCUT2D eigenvalue weighted by Crippen LogP contribution is 2.27. The number of nitrogens with two attached hydrogens (primary N) is 1. The molecule has 0 fully saturated rings. The van der Waals surface area contributed by atoms with Crippen LogP contribution in [0.5, 0.6) is 11.5 Å². The first-order chi connectivity index (χ1) is 13.5. The largest absolute Gasteiger partial charge is 0.493 e. The molecule has 0 bridgehead atoms. The number of hydrogen-bond donors (Lipinski definition) is 2. The third kappa shape index (κ3) is 4.23. The lowest BCUT2D eigenvalue weighted by atomic mass is 10.1. The van der Waals surface area contributed by atoms with Crippen LogP contribution in [0.25, 0.3) is 5.69 Å². The van der Waals surface area contributed by atoms with E-state index in [2.05, 4.69) is 20.7 Å². The molecule has 3 rings (SSSR count). The van der Waals surface area contributed by atoms with Crippen LogP contribution in [0.2, 0.25) is 0 Å². The molecule has 10 nitrogen and oxygen atoms in total. The Balaban J connectivity index is 1.65. The van der Waals surface area contributed by atoms with Crippen molar-refractivity contribution >= 4 is 17.5 Å². The Bertz CT molecular complexity index is 1000. The van der Waals surface area contributed by atoms with E-state index in [0.717, 1.165) is 5.56 Å². The summed E-state index contributed by atoms with van der Waals surface area (Å²) in [5.41, 5.74) is 7.06. The summed E-state index contributed by atoms with van der Waals surface area (Å²) in [7, 11) is 3.09. The second-order valence-corrected chi connectivity index (χ2v) is 5.73. The Morgan fingerprint density at radius 3 is 2.39 bits per heavy atom. The summed E-state index contributed by atoms with van der Waals surface area (Å²) < 4.78 is 10.4. The Kier molecular flexibility index (Phi) is 5.49. The molecule has 0 saturated carbocycles. The lowest BCUT2D eigenvalue weighted by Crippen LogP contribution is -2.14. The monoisotopic (exact) mass is 382 g/mol. The van der Waals surface area contributed by atoms with Crippen molar-refractivity contribution in [1.82, 2.24) is 20.2 Å². The van der Waals surface area contributed by atoms with Gasteiger partial charge in [-0.1, -0.05) is 6.07 Å². The summed E-state index contributed by atoms with van der Waals surface area (Å²) >= 11 is 0. The van der Waals surface area contributed by atoms with Crippen LogP contribution in [0.3, 0.4) is 0 Å². The van der Waals surface area contributed by atoms with Crippen molar-refractivity contribution in [3.05, 3.63) is 53.9 Å². The van der Waals surface area contributed by atoms with Gasteiger partial charge in [0, 0.05) is 5.69 Å². The lowest BCUT2D eigenvalue weighted by molar-refractivity contribution is -0.115. The number of benzene rings is 2. The number of primary amides is 1. The van der Waals surface area contributed by atoms with E-state index in [4.69, 9.17) is 15.2 Å². The number of methoxy groups -OCH3 is 2. The molecule has 0 radical (unpaired) electrons. The van der Waals surface area contributed by atoms with Crippen molar-refractivity contribution in [2.24, 2.45) is 5.73 Å². The van der Waals surface area contributed by atoms with Crippen molar-refractivity contribution in [2.45, 2.75) is 6.42 Å². The average molecular weight is 382 g/mol. The Morgan fingerprint density at radius 2 is 1.79 bits per heavy atom. The normalized spacial score (nSPS) is 10.4. The van der Waals surface area contributed by atoms with Gasteiger partial charge in [-0.3, -0.25) is 9.59 Å². The first kappa shape index (κ1) is 18.8. The number of hydrogen-bond acceptors (Lipinski definition) is 7. The van der Waals surface area contributed by atoms with Gasteiger partial charge in [-0.25, -0.2) is 0 Å². The number of aromatic nitrogens is 4. The number of carbonyl (C=O) groups excluding carboxylic acids is 2. The second kappa shape index (κ2) is 8.16. The van der Waals surface area contributed by atoms with Crippen LogP contribution in [0.1, 0.15) is 16.2 Å². The van der Waals surface area contributed by atoms with Gasteiger partial charge in [0.15, 0.2) is 11.5 Å². The minimum absolute atomic E-state index is 0.174. The summed E-state index contributed by atoms with van der Waals surface area (Å²) in [6.07, 6.45) is 0.175. The summed E-state index contributed by atoms with van der Waals surface area (Å²) in [5, 5.41) is 14.0. The number of rotatable bonds is 7. The summed E-state index contributed by atoms with van der Waals surface area (Å²) in [4.78, 5) is 24.5. The first-order valence-electron chi connectivity index (χ1n) is 8.21. The molecule has 144 valence electrons. The maximum absolute atomic E-state index is 12.3. The van der Waals surface area contributed by atoms with Crippen LogP contribution in [0.15, 0.2) is 42.5 Å². The fourth-order valence-corrected chi connectivity index (χ4v) is 2.48. The minimum Gasteiger partial charge on any atom is -0.493 e. The highest BCUT2D eigenvalue weighted by atomic mass is 16.5. The number of ether oxygens (including phenoxy) is 2. The van der Waals surface area contributed by atoms with Gasteiger partial charge in [-0.05, 0) is 47.2 Å². The number of nitrogens with one attached hydrogen (secondary N) is 1. The topological polar surface area (TPSA) is 134 Å². The maximum Gasteiger partial charge on any atom is 0.290 e. The predicted octanol–water partition coefficient (Wildman–Crippen LogP) is 0.960. The van der Waals surface area contributed by atoms with Crippen LogP contribution in [-0.4, -0.2) is 46.2 Å². The van der Waals surface area contributed by atoms with E-state index in [0.29, 0.717) is 22.9 Å². The molecule has 2 amide bonds. The zero-order valence-electron chi connectivity index (χ0n) is 15.2.